The van der Waals surface area contributed by atoms with Gasteiger partial charge in [0.05, 0.1) is 0 Å². The largest absolute Gasteiger partial charge is 0.444 e. The summed E-state index contributed by atoms with van der Waals surface area (Å²) in [7, 11) is 0. The Bertz CT molecular complexity index is 459. The third-order valence-electron chi connectivity index (χ3n) is 3.19. The Hall–Kier alpha value is -1.55. The van der Waals surface area contributed by atoms with E-state index in [1.165, 1.54) is 5.56 Å². The first-order chi connectivity index (χ1) is 8.89. The second-order valence-electron chi connectivity index (χ2n) is 6.03. The summed E-state index contributed by atoms with van der Waals surface area (Å²) in [5, 5.41) is 0. The second-order valence-corrected chi connectivity index (χ2v) is 6.03. The molecule has 1 saturated heterocycles. The zero-order chi connectivity index (χ0) is 14.0. The smallest absolute Gasteiger partial charge is 0.410 e. The lowest BCUT2D eigenvalue weighted by Gasteiger charge is -2.40. The molecule has 2 rings (SSSR count). The normalized spacial score (nSPS) is 16.1. The number of hydrogen-bond donors (Lipinski definition) is 1. The number of amides is 1. The molecule has 0 aliphatic carbocycles. The lowest BCUT2D eigenvalue weighted by Crippen LogP contribution is -2.50. The summed E-state index contributed by atoms with van der Waals surface area (Å²) in [6.07, 6.45) is -0.223. The lowest BCUT2D eigenvalue weighted by atomic mass is 9.91. The van der Waals surface area contributed by atoms with Crippen LogP contribution in [-0.2, 0) is 11.3 Å². The molecule has 4 nitrogen and oxygen atoms in total. The van der Waals surface area contributed by atoms with Crippen molar-refractivity contribution >= 4 is 6.09 Å². The zero-order valence-corrected chi connectivity index (χ0v) is 11.8. The van der Waals surface area contributed by atoms with E-state index in [0.29, 0.717) is 12.5 Å². The minimum absolute atomic E-state index is 0.223. The van der Waals surface area contributed by atoms with Gasteiger partial charge in [-0.25, -0.2) is 4.79 Å². The van der Waals surface area contributed by atoms with Crippen molar-refractivity contribution < 1.29 is 9.53 Å². The Labute approximate surface area is 114 Å². The van der Waals surface area contributed by atoms with Crippen LogP contribution in [0.1, 0.15) is 37.8 Å². The highest BCUT2D eigenvalue weighted by Crippen LogP contribution is 2.28. The van der Waals surface area contributed by atoms with Gasteiger partial charge in [0.2, 0.25) is 0 Å². The average Bonchev–Trinajstić information content (AvgIpc) is 2.25. The second kappa shape index (κ2) is 5.21. The van der Waals surface area contributed by atoms with E-state index in [4.69, 9.17) is 10.5 Å². The first kappa shape index (κ1) is 13.9. The average molecular weight is 262 g/mol. The molecular formula is C15H22N2O2. The Morgan fingerprint density at radius 2 is 2.11 bits per heavy atom. The molecule has 19 heavy (non-hydrogen) atoms. The van der Waals surface area contributed by atoms with Crippen molar-refractivity contribution in [3.8, 4) is 0 Å². The van der Waals surface area contributed by atoms with Crippen molar-refractivity contribution in [3.63, 3.8) is 0 Å². The Morgan fingerprint density at radius 3 is 2.68 bits per heavy atom. The number of nitrogens with two attached hydrogens (primary N) is 1. The van der Waals surface area contributed by atoms with Crippen LogP contribution < -0.4 is 5.73 Å². The molecule has 0 saturated carbocycles. The molecule has 1 aromatic carbocycles. The molecule has 0 unspecified atom stereocenters. The number of nitrogens with zero attached hydrogens (tertiary/aromatic N) is 1. The van der Waals surface area contributed by atoms with Gasteiger partial charge in [0.1, 0.15) is 5.60 Å². The fourth-order valence-corrected chi connectivity index (χ4v) is 2.14. The van der Waals surface area contributed by atoms with Gasteiger partial charge in [-0.15, -0.1) is 0 Å². The third-order valence-corrected chi connectivity index (χ3v) is 3.19. The molecule has 1 aromatic rings. The van der Waals surface area contributed by atoms with Crippen LogP contribution in [0.5, 0.6) is 0 Å². The molecule has 0 spiro atoms. The number of benzene rings is 1. The van der Waals surface area contributed by atoms with Crippen LogP contribution in [0.2, 0.25) is 0 Å². The molecule has 1 fully saturated rings. The molecule has 1 aliphatic heterocycles. The monoisotopic (exact) mass is 262 g/mol. The van der Waals surface area contributed by atoms with Gasteiger partial charge >= 0.3 is 6.09 Å². The fourth-order valence-electron chi connectivity index (χ4n) is 2.14. The van der Waals surface area contributed by atoms with E-state index in [-0.39, 0.29) is 6.09 Å². The van der Waals surface area contributed by atoms with Crippen LogP contribution in [-0.4, -0.2) is 29.7 Å². The lowest BCUT2D eigenvalue weighted by molar-refractivity contribution is 0.00819. The molecule has 4 heteroatoms. The van der Waals surface area contributed by atoms with Crippen LogP contribution in [0.15, 0.2) is 24.3 Å². The highest BCUT2D eigenvalue weighted by molar-refractivity contribution is 5.69. The topological polar surface area (TPSA) is 55.6 Å². The summed E-state index contributed by atoms with van der Waals surface area (Å²) in [4.78, 5) is 13.6. The molecule has 1 amide bonds. The molecule has 0 atom stereocenters. The predicted octanol–water partition coefficient (Wildman–Crippen LogP) is 2.48. The summed E-state index contributed by atoms with van der Waals surface area (Å²) in [5.41, 5.74) is 7.59. The minimum Gasteiger partial charge on any atom is -0.444 e. The van der Waals surface area contributed by atoms with Gasteiger partial charge in [0.25, 0.3) is 0 Å². The number of ether oxygens (including phenoxy) is 1. The number of rotatable bonds is 2. The Balaban J connectivity index is 1.90. The SMILES string of the molecule is CC(C)(C)OC(=O)N1CC(c2cccc(CN)c2)C1. The summed E-state index contributed by atoms with van der Waals surface area (Å²) in [6, 6.07) is 8.26. The first-order valence-electron chi connectivity index (χ1n) is 6.66. The summed E-state index contributed by atoms with van der Waals surface area (Å²) in [5.74, 6) is 0.402. The van der Waals surface area contributed by atoms with Crippen LogP contribution in [0, 0.1) is 0 Å². The zero-order valence-electron chi connectivity index (χ0n) is 11.8. The highest BCUT2D eigenvalue weighted by atomic mass is 16.6. The minimum atomic E-state index is -0.429. The Kier molecular flexibility index (Phi) is 3.80. The highest BCUT2D eigenvalue weighted by Gasteiger charge is 2.34. The molecule has 2 N–H and O–H groups in total. The fraction of sp³-hybridized carbons (Fsp3) is 0.533. The van der Waals surface area contributed by atoms with Gasteiger partial charge in [-0.1, -0.05) is 24.3 Å². The van der Waals surface area contributed by atoms with Crippen molar-refractivity contribution in [2.75, 3.05) is 13.1 Å². The van der Waals surface area contributed by atoms with E-state index in [9.17, 15) is 4.79 Å². The van der Waals surface area contributed by atoms with Gasteiger partial charge in [0.15, 0.2) is 0 Å². The molecule has 1 heterocycles. The van der Waals surface area contributed by atoms with Crippen molar-refractivity contribution in [2.45, 2.75) is 38.8 Å². The molecule has 0 aromatic heterocycles. The van der Waals surface area contributed by atoms with E-state index in [2.05, 4.69) is 12.1 Å². The van der Waals surface area contributed by atoms with Gasteiger partial charge in [-0.3, -0.25) is 0 Å². The predicted molar refractivity (Wildman–Crippen MR) is 74.9 cm³/mol. The number of hydrogen-bond acceptors (Lipinski definition) is 3. The van der Waals surface area contributed by atoms with Crippen LogP contribution in [0.3, 0.4) is 0 Å². The molecule has 1 aliphatic rings. The first-order valence-corrected chi connectivity index (χ1v) is 6.66. The quantitative estimate of drug-likeness (QED) is 0.890. The van der Waals surface area contributed by atoms with Crippen molar-refractivity contribution in [2.24, 2.45) is 5.73 Å². The maximum absolute atomic E-state index is 11.8. The molecule has 0 bridgehead atoms. The van der Waals surface area contributed by atoms with E-state index in [1.54, 1.807) is 4.90 Å². The van der Waals surface area contributed by atoms with E-state index >= 15 is 0 Å². The number of likely N-dealkylation sites (tertiary alicyclic amines) is 1. The van der Waals surface area contributed by atoms with Gasteiger partial charge < -0.3 is 15.4 Å². The molecule has 0 radical (unpaired) electrons. The van der Waals surface area contributed by atoms with Gasteiger partial charge in [0, 0.05) is 25.6 Å². The number of carbonyl (C=O) groups excluding carboxylic acids is 1. The maximum Gasteiger partial charge on any atom is 0.410 e. The van der Waals surface area contributed by atoms with Gasteiger partial charge in [-0.05, 0) is 31.9 Å². The maximum atomic E-state index is 11.8. The van der Waals surface area contributed by atoms with Crippen molar-refractivity contribution in [1.29, 1.82) is 0 Å². The van der Waals surface area contributed by atoms with E-state index in [0.717, 1.165) is 18.7 Å². The van der Waals surface area contributed by atoms with Crippen molar-refractivity contribution in [1.82, 2.24) is 4.90 Å². The van der Waals surface area contributed by atoms with Crippen molar-refractivity contribution in [3.05, 3.63) is 35.4 Å². The summed E-state index contributed by atoms with van der Waals surface area (Å²) < 4.78 is 5.34. The van der Waals surface area contributed by atoms with E-state index in [1.807, 2.05) is 32.9 Å². The van der Waals surface area contributed by atoms with Crippen LogP contribution >= 0.6 is 0 Å². The molecular weight excluding hydrogens is 240 g/mol. The molecule has 104 valence electrons. The van der Waals surface area contributed by atoms with E-state index < -0.39 is 5.60 Å². The van der Waals surface area contributed by atoms with Crippen LogP contribution in [0.4, 0.5) is 4.79 Å². The number of carbonyl (C=O) groups is 1. The summed E-state index contributed by atoms with van der Waals surface area (Å²) >= 11 is 0. The van der Waals surface area contributed by atoms with Crippen LogP contribution in [0.25, 0.3) is 0 Å². The Morgan fingerprint density at radius 1 is 1.42 bits per heavy atom. The van der Waals surface area contributed by atoms with Gasteiger partial charge in [-0.2, -0.15) is 0 Å². The standard InChI is InChI=1S/C15H22N2O2/c1-15(2,3)19-14(18)17-9-13(10-17)12-6-4-5-11(7-12)8-16/h4-7,13H,8-10,16H2,1-3H3. The summed E-state index contributed by atoms with van der Waals surface area (Å²) in [6.45, 7) is 7.65. The third kappa shape index (κ3) is 3.47.